The van der Waals surface area contributed by atoms with Crippen LogP contribution in [0.2, 0.25) is 5.02 Å². The van der Waals surface area contributed by atoms with Crippen LogP contribution in [0.1, 0.15) is 29.6 Å². The van der Waals surface area contributed by atoms with Gasteiger partial charge in [-0.25, -0.2) is 0 Å². The Morgan fingerprint density at radius 1 is 1.30 bits per heavy atom. The van der Waals surface area contributed by atoms with E-state index in [9.17, 15) is 9.59 Å². The van der Waals surface area contributed by atoms with E-state index in [2.05, 4.69) is 16.7 Å². The van der Waals surface area contributed by atoms with E-state index in [1.54, 1.807) is 6.07 Å². The van der Waals surface area contributed by atoms with Crippen molar-refractivity contribution in [1.29, 1.82) is 5.26 Å². The summed E-state index contributed by atoms with van der Waals surface area (Å²) in [6, 6.07) is 6.64. The molecule has 0 aromatic heterocycles. The minimum absolute atomic E-state index is 0.199. The molecular formula is C15H12Cl3N3O2. The molecule has 1 aromatic carbocycles. The Labute approximate surface area is 147 Å². The van der Waals surface area contributed by atoms with E-state index in [-0.39, 0.29) is 16.5 Å². The summed E-state index contributed by atoms with van der Waals surface area (Å²) in [4.78, 5) is 24.3. The third-order valence-electron chi connectivity index (χ3n) is 3.94. The summed E-state index contributed by atoms with van der Waals surface area (Å²) in [6.45, 7) is 0. The maximum atomic E-state index is 12.3. The first-order valence-corrected chi connectivity index (χ1v) is 8.12. The van der Waals surface area contributed by atoms with Gasteiger partial charge in [-0.2, -0.15) is 5.26 Å². The third-order valence-corrected chi connectivity index (χ3v) is 5.10. The van der Waals surface area contributed by atoms with Gasteiger partial charge in [0.15, 0.2) is 0 Å². The number of carbonyl (C=O) groups is 2. The van der Waals surface area contributed by atoms with Gasteiger partial charge in [-0.1, -0.05) is 11.6 Å². The van der Waals surface area contributed by atoms with Gasteiger partial charge in [0.25, 0.3) is 5.91 Å². The van der Waals surface area contributed by atoms with Crippen LogP contribution in [0.3, 0.4) is 0 Å². The molecule has 2 saturated carbocycles. The van der Waals surface area contributed by atoms with E-state index < -0.39 is 21.7 Å². The summed E-state index contributed by atoms with van der Waals surface area (Å²) in [6.07, 6.45) is 1.64. The van der Waals surface area contributed by atoms with Gasteiger partial charge in [0.05, 0.1) is 22.6 Å². The van der Waals surface area contributed by atoms with Gasteiger partial charge in [0, 0.05) is 5.69 Å². The first-order valence-electron chi connectivity index (χ1n) is 6.98. The SMILES string of the molecule is N#CC1(NC(=O)c2cc(NC(=O)C3CC3(Cl)Cl)ccc2Cl)CC1. The highest BCUT2D eigenvalue weighted by molar-refractivity contribution is 6.52. The van der Waals surface area contributed by atoms with Crippen LogP contribution in [0.15, 0.2) is 18.2 Å². The zero-order chi connectivity index (χ0) is 16.8. The van der Waals surface area contributed by atoms with E-state index >= 15 is 0 Å². The quantitative estimate of drug-likeness (QED) is 0.796. The summed E-state index contributed by atoms with van der Waals surface area (Å²) in [7, 11) is 0. The van der Waals surface area contributed by atoms with Gasteiger partial charge < -0.3 is 10.6 Å². The molecule has 0 bridgehead atoms. The van der Waals surface area contributed by atoms with Crippen LogP contribution >= 0.6 is 34.8 Å². The summed E-state index contributed by atoms with van der Waals surface area (Å²) >= 11 is 17.8. The molecule has 23 heavy (non-hydrogen) atoms. The lowest BCUT2D eigenvalue weighted by Gasteiger charge is -2.12. The second-order valence-electron chi connectivity index (χ2n) is 5.85. The minimum Gasteiger partial charge on any atom is -0.334 e. The monoisotopic (exact) mass is 371 g/mol. The fraction of sp³-hybridized carbons (Fsp3) is 0.400. The Balaban J connectivity index is 1.73. The lowest BCUT2D eigenvalue weighted by Crippen LogP contribution is -2.35. The molecule has 2 aliphatic rings. The molecule has 5 nitrogen and oxygen atoms in total. The Morgan fingerprint density at radius 3 is 2.48 bits per heavy atom. The molecule has 0 radical (unpaired) electrons. The zero-order valence-corrected chi connectivity index (χ0v) is 14.1. The zero-order valence-electron chi connectivity index (χ0n) is 11.8. The number of anilines is 1. The Morgan fingerprint density at radius 2 is 1.96 bits per heavy atom. The van der Waals surface area contributed by atoms with Crippen LogP contribution < -0.4 is 10.6 Å². The van der Waals surface area contributed by atoms with E-state index in [4.69, 9.17) is 40.1 Å². The molecular weight excluding hydrogens is 361 g/mol. The topological polar surface area (TPSA) is 82.0 Å². The molecule has 0 saturated heterocycles. The predicted molar refractivity (Wildman–Crippen MR) is 87.7 cm³/mol. The van der Waals surface area contributed by atoms with Crippen molar-refractivity contribution < 1.29 is 9.59 Å². The highest BCUT2D eigenvalue weighted by Gasteiger charge is 2.56. The Hall–Kier alpha value is -1.48. The average Bonchev–Trinajstić information content (AvgIpc) is 3.38. The highest BCUT2D eigenvalue weighted by atomic mass is 35.5. The average molecular weight is 373 g/mol. The lowest BCUT2D eigenvalue weighted by atomic mass is 10.1. The molecule has 2 amide bonds. The fourth-order valence-electron chi connectivity index (χ4n) is 2.18. The maximum absolute atomic E-state index is 12.3. The van der Waals surface area contributed by atoms with Gasteiger partial charge >= 0.3 is 0 Å². The third kappa shape index (κ3) is 3.40. The van der Waals surface area contributed by atoms with Crippen molar-refractivity contribution in [2.45, 2.75) is 29.1 Å². The first kappa shape index (κ1) is 16.4. The van der Waals surface area contributed by atoms with Crippen molar-refractivity contribution in [3.05, 3.63) is 28.8 Å². The normalized spacial score (nSPS) is 22.6. The molecule has 3 rings (SSSR count). The minimum atomic E-state index is -1.01. The Kier molecular flexibility index (Phi) is 3.96. The second-order valence-corrected chi connectivity index (χ2v) is 7.80. The molecule has 1 aromatic rings. The molecule has 120 valence electrons. The van der Waals surface area contributed by atoms with E-state index in [0.29, 0.717) is 24.9 Å². The van der Waals surface area contributed by atoms with Gasteiger partial charge in [-0.15, -0.1) is 23.2 Å². The highest BCUT2D eigenvalue weighted by Crippen LogP contribution is 2.53. The largest absolute Gasteiger partial charge is 0.334 e. The standard InChI is InChI=1S/C15H12Cl3N3O2/c16-11-2-1-8(20-13(23)10-6-15(10,17)18)5-9(11)12(22)21-14(7-19)3-4-14/h1-2,5,10H,3-4,6H2,(H,20,23)(H,21,22). The van der Waals surface area contributed by atoms with Crippen LogP contribution in [0, 0.1) is 17.2 Å². The number of hydrogen-bond acceptors (Lipinski definition) is 3. The lowest BCUT2D eigenvalue weighted by molar-refractivity contribution is -0.117. The molecule has 8 heteroatoms. The number of benzene rings is 1. The number of alkyl halides is 2. The second kappa shape index (κ2) is 5.55. The molecule has 1 atom stereocenters. The predicted octanol–water partition coefficient (Wildman–Crippen LogP) is 3.26. The number of nitrogens with one attached hydrogen (secondary N) is 2. The van der Waals surface area contributed by atoms with E-state index in [1.165, 1.54) is 12.1 Å². The summed E-state index contributed by atoms with van der Waals surface area (Å²) < 4.78 is -1.01. The van der Waals surface area contributed by atoms with Gasteiger partial charge in [-0.05, 0) is 37.5 Å². The van der Waals surface area contributed by atoms with Gasteiger partial charge in [0.2, 0.25) is 5.91 Å². The fourth-order valence-corrected chi connectivity index (χ4v) is 2.89. The molecule has 0 heterocycles. The van der Waals surface area contributed by atoms with Gasteiger partial charge in [-0.3, -0.25) is 9.59 Å². The Bertz CT molecular complexity index is 738. The number of carbonyl (C=O) groups excluding carboxylic acids is 2. The maximum Gasteiger partial charge on any atom is 0.254 e. The van der Waals surface area contributed by atoms with Crippen LogP contribution in [0.25, 0.3) is 0 Å². The number of nitriles is 1. The smallest absolute Gasteiger partial charge is 0.254 e. The van der Waals surface area contributed by atoms with Crippen molar-refractivity contribution in [1.82, 2.24) is 5.32 Å². The van der Waals surface area contributed by atoms with E-state index in [1.807, 2.05) is 0 Å². The van der Waals surface area contributed by atoms with Gasteiger partial charge in [0.1, 0.15) is 9.87 Å². The first-order chi connectivity index (χ1) is 10.8. The van der Waals surface area contributed by atoms with Crippen molar-refractivity contribution >= 4 is 52.3 Å². The molecule has 0 aliphatic heterocycles. The summed E-state index contributed by atoms with van der Waals surface area (Å²) in [5.41, 5.74) is -0.169. The summed E-state index contributed by atoms with van der Waals surface area (Å²) in [5, 5.41) is 14.6. The van der Waals surface area contributed by atoms with Crippen LogP contribution in [0.4, 0.5) is 5.69 Å². The van der Waals surface area contributed by atoms with Crippen molar-refractivity contribution in [3.63, 3.8) is 0 Å². The van der Waals surface area contributed by atoms with Crippen LogP contribution in [0.5, 0.6) is 0 Å². The van der Waals surface area contributed by atoms with Crippen LogP contribution in [-0.4, -0.2) is 21.7 Å². The van der Waals surface area contributed by atoms with Crippen molar-refractivity contribution in [2.75, 3.05) is 5.32 Å². The molecule has 2 fully saturated rings. The number of amides is 2. The summed E-state index contributed by atoms with van der Waals surface area (Å²) in [5.74, 6) is -1.22. The van der Waals surface area contributed by atoms with Crippen molar-refractivity contribution in [3.8, 4) is 6.07 Å². The number of halogens is 3. The molecule has 1 unspecified atom stereocenters. The van der Waals surface area contributed by atoms with E-state index in [0.717, 1.165) is 0 Å². The molecule has 2 N–H and O–H groups in total. The van der Waals surface area contributed by atoms with Crippen LogP contribution in [-0.2, 0) is 4.79 Å². The molecule has 0 spiro atoms. The number of nitrogens with zero attached hydrogens (tertiary/aromatic N) is 1. The number of rotatable bonds is 4. The molecule has 2 aliphatic carbocycles. The van der Waals surface area contributed by atoms with Crippen molar-refractivity contribution in [2.24, 2.45) is 5.92 Å². The number of hydrogen-bond donors (Lipinski definition) is 2.